The van der Waals surface area contributed by atoms with Crippen LogP contribution in [0.5, 0.6) is 5.75 Å². The van der Waals surface area contributed by atoms with Gasteiger partial charge in [-0.3, -0.25) is 4.79 Å². The smallest absolute Gasteiger partial charge is 0.220 e. The fraction of sp³-hybridized carbons (Fsp3) is 0.632. The summed E-state index contributed by atoms with van der Waals surface area (Å²) in [5.74, 6) is -0.163. The average molecular weight is 290 g/mol. The highest BCUT2D eigenvalue weighted by atomic mass is 16.3. The van der Waals surface area contributed by atoms with E-state index in [1.807, 2.05) is 12.1 Å². The Morgan fingerprint density at radius 1 is 0.762 bits per heavy atom. The molecule has 1 rings (SSSR count). The van der Waals surface area contributed by atoms with E-state index in [0.717, 1.165) is 18.4 Å². The van der Waals surface area contributed by atoms with E-state index in [1.165, 1.54) is 69.9 Å². The number of rotatable bonds is 11. The van der Waals surface area contributed by atoms with Crippen molar-refractivity contribution in [1.82, 2.24) is 0 Å². The van der Waals surface area contributed by atoms with E-state index in [0.29, 0.717) is 0 Å². The number of hydrogen-bond acceptors (Lipinski definition) is 2. The molecule has 1 aromatic rings. The van der Waals surface area contributed by atoms with Crippen molar-refractivity contribution in [3.8, 4) is 5.75 Å². The zero-order chi connectivity index (χ0) is 15.3. The van der Waals surface area contributed by atoms with E-state index >= 15 is 0 Å². The monoisotopic (exact) mass is 290 g/mol. The average Bonchev–Trinajstić information content (AvgIpc) is 2.64. The third kappa shape index (κ3) is 8.54. The molecule has 1 aromatic carbocycles. The van der Waals surface area contributed by atoms with Gasteiger partial charge < -0.3 is 5.11 Å². The molecule has 0 aliphatic rings. The Kier molecular flexibility index (Phi) is 9.60. The maximum atomic E-state index is 11.3. The zero-order valence-electron chi connectivity index (χ0n) is 13.4. The van der Waals surface area contributed by atoms with Crippen LogP contribution in [0.4, 0.5) is 0 Å². The molecule has 0 unspecified atom stereocenters. The lowest BCUT2D eigenvalue weighted by atomic mass is 10.0. The van der Waals surface area contributed by atoms with Crippen molar-refractivity contribution in [1.29, 1.82) is 0 Å². The molecule has 0 aromatic heterocycles. The normalized spacial score (nSPS) is 10.7. The maximum absolute atomic E-state index is 11.3. The molecule has 2 nitrogen and oxygen atoms in total. The number of aromatic hydroxyl groups is 1. The second-order valence-electron chi connectivity index (χ2n) is 5.92. The van der Waals surface area contributed by atoms with Crippen LogP contribution >= 0.6 is 0 Å². The van der Waals surface area contributed by atoms with Crippen LogP contribution < -0.4 is 5.43 Å². The highest BCUT2D eigenvalue weighted by Gasteiger charge is 1.96. The first kappa shape index (κ1) is 17.7. The van der Waals surface area contributed by atoms with Crippen LogP contribution in [0.3, 0.4) is 0 Å². The van der Waals surface area contributed by atoms with Gasteiger partial charge in [0.05, 0.1) is 0 Å². The molecule has 0 spiro atoms. The Morgan fingerprint density at radius 3 is 1.90 bits per heavy atom. The van der Waals surface area contributed by atoms with Gasteiger partial charge in [0.1, 0.15) is 0 Å². The quantitative estimate of drug-likeness (QED) is 0.568. The zero-order valence-corrected chi connectivity index (χ0v) is 13.4. The largest absolute Gasteiger partial charge is 0.504 e. The van der Waals surface area contributed by atoms with Gasteiger partial charge in [-0.25, -0.2) is 0 Å². The van der Waals surface area contributed by atoms with Gasteiger partial charge in [-0.1, -0.05) is 76.8 Å². The Balaban J connectivity index is 2.04. The molecule has 0 saturated heterocycles. The third-order valence-electron chi connectivity index (χ3n) is 3.98. The van der Waals surface area contributed by atoms with Crippen molar-refractivity contribution in [3.63, 3.8) is 0 Å². The van der Waals surface area contributed by atoms with Crippen LogP contribution in [0.15, 0.2) is 29.1 Å². The molecule has 0 atom stereocenters. The minimum Gasteiger partial charge on any atom is -0.504 e. The first-order chi connectivity index (χ1) is 10.2. The van der Waals surface area contributed by atoms with Crippen molar-refractivity contribution in [3.05, 3.63) is 40.1 Å². The topological polar surface area (TPSA) is 37.3 Å². The van der Waals surface area contributed by atoms with E-state index in [9.17, 15) is 9.90 Å². The molecular formula is C19H30O2. The van der Waals surface area contributed by atoms with Crippen LogP contribution in [0.25, 0.3) is 0 Å². The van der Waals surface area contributed by atoms with Gasteiger partial charge >= 0.3 is 0 Å². The van der Waals surface area contributed by atoms with Gasteiger partial charge in [0.25, 0.3) is 0 Å². The first-order valence-corrected chi connectivity index (χ1v) is 8.56. The lowest BCUT2D eigenvalue weighted by molar-refractivity contribution is 0.471. The summed E-state index contributed by atoms with van der Waals surface area (Å²) < 4.78 is 0. The van der Waals surface area contributed by atoms with Gasteiger partial charge in [0, 0.05) is 0 Å². The van der Waals surface area contributed by atoms with Gasteiger partial charge in [-0.05, 0) is 30.5 Å². The maximum Gasteiger partial charge on any atom is 0.220 e. The molecule has 0 bridgehead atoms. The molecule has 0 saturated carbocycles. The van der Waals surface area contributed by atoms with E-state index in [2.05, 4.69) is 6.92 Å². The van der Waals surface area contributed by atoms with Crippen LogP contribution in [0.2, 0.25) is 0 Å². The molecule has 0 fully saturated rings. The molecule has 0 amide bonds. The summed E-state index contributed by atoms with van der Waals surface area (Å²) in [6.07, 6.45) is 14.3. The molecule has 0 aliphatic heterocycles. The SMILES string of the molecule is CCCCCCCCCCCCc1ccc(O)c(=O)cc1. The number of aryl methyl sites for hydroxylation is 1. The highest BCUT2D eigenvalue weighted by Crippen LogP contribution is 2.12. The molecule has 2 heteroatoms. The first-order valence-electron chi connectivity index (χ1n) is 8.56. The van der Waals surface area contributed by atoms with Gasteiger partial charge in [0.15, 0.2) is 5.75 Å². The van der Waals surface area contributed by atoms with Crippen molar-refractivity contribution in [2.75, 3.05) is 0 Å². The summed E-state index contributed by atoms with van der Waals surface area (Å²) in [5.41, 5.74) is 0.830. The minimum atomic E-state index is -0.302. The van der Waals surface area contributed by atoms with Crippen molar-refractivity contribution in [2.45, 2.75) is 77.6 Å². The number of unbranched alkanes of at least 4 members (excludes halogenated alkanes) is 9. The summed E-state index contributed by atoms with van der Waals surface area (Å²) in [5, 5.41) is 9.34. The van der Waals surface area contributed by atoms with E-state index in [4.69, 9.17) is 0 Å². The van der Waals surface area contributed by atoms with Crippen molar-refractivity contribution < 1.29 is 5.11 Å². The predicted octanol–water partition coefficient (Wildman–Crippen LogP) is 5.22. The molecular weight excluding hydrogens is 260 g/mol. The van der Waals surface area contributed by atoms with Crippen LogP contribution in [0, 0.1) is 0 Å². The summed E-state index contributed by atoms with van der Waals surface area (Å²) in [6, 6.07) is 6.65. The molecule has 0 radical (unpaired) electrons. The second kappa shape index (κ2) is 11.4. The predicted molar refractivity (Wildman–Crippen MR) is 89.9 cm³/mol. The fourth-order valence-corrected chi connectivity index (χ4v) is 2.57. The lowest BCUT2D eigenvalue weighted by Gasteiger charge is -2.02. The van der Waals surface area contributed by atoms with Gasteiger partial charge in [-0.15, -0.1) is 0 Å². The van der Waals surface area contributed by atoms with E-state index < -0.39 is 0 Å². The van der Waals surface area contributed by atoms with E-state index in [1.54, 1.807) is 0 Å². The molecule has 1 N–H and O–H groups in total. The van der Waals surface area contributed by atoms with Gasteiger partial charge in [-0.2, -0.15) is 0 Å². The fourth-order valence-electron chi connectivity index (χ4n) is 2.57. The second-order valence-corrected chi connectivity index (χ2v) is 5.92. The molecule has 118 valence electrons. The van der Waals surface area contributed by atoms with Crippen LogP contribution in [-0.4, -0.2) is 5.11 Å². The van der Waals surface area contributed by atoms with Crippen LogP contribution in [-0.2, 0) is 6.42 Å². The minimum absolute atomic E-state index is 0.163. The lowest BCUT2D eigenvalue weighted by Crippen LogP contribution is -1.91. The van der Waals surface area contributed by atoms with Crippen LogP contribution in [0.1, 0.15) is 76.7 Å². The number of hydrogen-bond donors (Lipinski definition) is 1. The Bertz CT molecular complexity index is 440. The summed E-state index contributed by atoms with van der Waals surface area (Å²) in [7, 11) is 0. The summed E-state index contributed by atoms with van der Waals surface area (Å²) in [4.78, 5) is 11.3. The highest BCUT2D eigenvalue weighted by molar-refractivity contribution is 5.23. The Hall–Kier alpha value is -1.31. The Morgan fingerprint density at radius 2 is 1.29 bits per heavy atom. The molecule has 0 aliphatic carbocycles. The third-order valence-corrected chi connectivity index (χ3v) is 3.98. The molecule has 0 heterocycles. The summed E-state index contributed by atoms with van der Waals surface area (Å²) >= 11 is 0. The molecule has 21 heavy (non-hydrogen) atoms. The summed E-state index contributed by atoms with van der Waals surface area (Å²) in [6.45, 7) is 2.26. The van der Waals surface area contributed by atoms with Crippen molar-refractivity contribution >= 4 is 0 Å². The van der Waals surface area contributed by atoms with Crippen molar-refractivity contribution in [2.24, 2.45) is 0 Å². The van der Waals surface area contributed by atoms with Gasteiger partial charge in [0.2, 0.25) is 5.43 Å². The standard InChI is InChI=1S/C19H30O2/c1-2-3-4-5-6-7-8-9-10-11-12-17-13-15-18(20)19(21)16-14-17/h13-16H,2-12H2,1H3,(H,20,21). The Labute approximate surface area is 129 Å². The van der Waals surface area contributed by atoms with E-state index in [-0.39, 0.29) is 11.2 Å².